The molecule has 5 heteroatoms. The summed E-state index contributed by atoms with van der Waals surface area (Å²) in [5.41, 5.74) is 0. The summed E-state index contributed by atoms with van der Waals surface area (Å²) in [5, 5.41) is 4.07. The molecule has 0 radical (unpaired) electrons. The Labute approximate surface area is 176 Å². The third-order valence-corrected chi connectivity index (χ3v) is 8.10. The van der Waals surface area contributed by atoms with E-state index >= 15 is 0 Å². The highest BCUT2D eigenvalue weighted by Gasteiger charge is 2.28. The van der Waals surface area contributed by atoms with Crippen LogP contribution < -0.4 is 5.32 Å². The molecule has 5 aliphatic heterocycles. The smallest absolute Gasteiger partial charge is 0.0694 e. The van der Waals surface area contributed by atoms with E-state index in [1.807, 2.05) is 0 Å². The molecule has 0 aromatic heterocycles. The zero-order valence-corrected chi connectivity index (χ0v) is 19.1. The van der Waals surface area contributed by atoms with Crippen molar-refractivity contribution in [1.29, 1.82) is 0 Å². The van der Waals surface area contributed by atoms with E-state index in [1.165, 1.54) is 107 Å². The molecule has 0 aromatic carbocycles. The van der Waals surface area contributed by atoms with Crippen LogP contribution in [0.2, 0.25) is 0 Å². The van der Waals surface area contributed by atoms with E-state index in [1.54, 1.807) is 0 Å². The first-order valence-corrected chi connectivity index (χ1v) is 13.8. The Kier molecular flexibility index (Phi) is 15.4. The SMILES string of the molecule is C1CCNC1.C1CCOCC1.C1CCSCC1.C1COC(C2CCCS2)C1. The van der Waals surface area contributed by atoms with Crippen molar-refractivity contribution in [3.05, 3.63) is 0 Å². The molecular weight excluding hydrogens is 374 g/mol. The van der Waals surface area contributed by atoms with Crippen molar-refractivity contribution < 1.29 is 9.47 Å². The van der Waals surface area contributed by atoms with Gasteiger partial charge in [0.05, 0.1) is 6.10 Å². The van der Waals surface area contributed by atoms with Crippen LogP contribution in [0.25, 0.3) is 0 Å². The molecule has 1 N–H and O–H groups in total. The van der Waals surface area contributed by atoms with Crippen molar-refractivity contribution >= 4 is 23.5 Å². The van der Waals surface area contributed by atoms with Gasteiger partial charge in [-0.2, -0.15) is 23.5 Å². The van der Waals surface area contributed by atoms with Crippen LogP contribution in [0.3, 0.4) is 0 Å². The number of thioether (sulfide) groups is 2. The van der Waals surface area contributed by atoms with Gasteiger partial charge in [-0.05, 0) is 101 Å². The Morgan fingerprint density at radius 3 is 1.70 bits per heavy atom. The standard InChI is InChI=1S/C8H14OS.C5H10O.C5H10S.C4H9N/c1-3-7(9-5-1)8-4-2-6-10-8;2*1-2-4-6-5-3-1;1-2-4-5-3-1/h7-8H,1-6H2;2*1-5H2;5H,1-4H2. The largest absolute Gasteiger partial charge is 0.381 e. The quantitative estimate of drug-likeness (QED) is 0.607. The molecule has 0 aromatic rings. The van der Waals surface area contributed by atoms with Gasteiger partial charge >= 0.3 is 0 Å². The van der Waals surface area contributed by atoms with Gasteiger partial charge in [0.2, 0.25) is 0 Å². The van der Waals surface area contributed by atoms with Crippen molar-refractivity contribution in [1.82, 2.24) is 5.32 Å². The number of hydrogen-bond donors (Lipinski definition) is 1. The predicted octanol–water partition coefficient (Wildman–Crippen LogP) is 5.52. The van der Waals surface area contributed by atoms with Gasteiger partial charge in [0, 0.05) is 25.1 Å². The second-order valence-electron chi connectivity index (χ2n) is 7.91. The average Bonchev–Trinajstić information content (AvgIpc) is 3.56. The highest BCUT2D eigenvalue weighted by Crippen LogP contribution is 2.33. The van der Waals surface area contributed by atoms with Crippen molar-refractivity contribution in [3.63, 3.8) is 0 Å². The van der Waals surface area contributed by atoms with E-state index in [0.29, 0.717) is 6.10 Å². The molecular formula is C22H43NO2S2. The highest BCUT2D eigenvalue weighted by atomic mass is 32.2. The number of ether oxygens (including phenoxy) is 2. The van der Waals surface area contributed by atoms with Crippen LogP contribution in [0.5, 0.6) is 0 Å². The maximum Gasteiger partial charge on any atom is 0.0694 e. The molecule has 160 valence electrons. The monoisotopic (exact) mass is 417 g/mol. The van der Waals surface area contributed by atoms with Gasteiger partial charge in [0.25, 0.3) is 0 Å². The molecule has 0 aliphatic carbocycles. The first-order chi connectivity index (χ1) is 13.5. The molecule has 5 heterocycles. The van der Waals surface area contributed by atoms with Crippen LogP contribution in [0, 0.1) is 0 Å². The third-order valence-electron chi connectivity index (χ3n) is 5.46. The summed E-state index contributed by atoms with van der Waals surface area (Å²) < 4.78 is 10.7. The van der Waals surface area contributed by atoms with E-state index in [-0.39, 0.29) is 0 Å². The number of hydrogen-bond acceptors (Lipinski definition) is 5. The van der Waals surface area contributed by atoms with E-state index in [2.05, 4.69) is 28.8 Å². The van der Waals surface area contributed by atoms with Crippen molar-refractivity contribution in [3.8, 4) is 0 Å². The van der Waals surface area contributed by atoms with E-state index < -0.39 is 0 Å². The molecule has 0 saturated carbocycles. The highest BCUT2D eigenvalue weighted by molar-refractivity contribution is 8.00. The summed E-state index contributed by atoms with van der Waals surface area (Å²) in [5.74, 6) is 4.20. The Hall–Kier alpha value is 0.580. The Morgan fingerprint density at radius 2 is 1.37 bits per heavy atom. The minimum Gasteiger partial charge on any atom is -0.381 e. The molecule has 5 fully saturated rings. The molecule has 0 bridgehead atoms. The third kappa shape index (κ3) is 12.7. The lowest BCUT2D eigenvalue weighted by Gasteiger charge is -2.15. The summed E-state index contributed by atoms with van der Waals surface area (Å²) in [6.07, 6.45) is 17.2. The molecule has 5 aliphatic rings. The van der Waals surface area contributed by atoms with Gasteiger partial charge in [-0.25, -0.2) is 0 Å². The zero-order chi connectivity index (χ0) is 18.8. The molecule has 0 spiro atoms. The topological polar surface area (TPSA) is 30.5 Å². The van der Waals surface area contributed by atoms with E-state index in [0.717, 1.165) is 25.1 Å². The number of rotatable bonds is 1. The van der Waals surface area contributed by atoms with Crippen molar-refractivity contribution in [2.75, 3.05) is 50.2 Å². The first-order valence-electron chi connectivity index (χ1n) is 11.6. The Bertz CT molecular complexity index is 253. The second-order valence-corrected chi connectivity index (χ2v) is 10.5. The fraction of sp³-hybridized carbons (Fsp3) is 1.00. The molecule has 5 rings (SSSR count). The lowest BCUT2D eigenvalue weighted by atomic mass is 10.1. The molecule has 0 amide bonds. The fourth-order valence-electron chi connectivity index (χ4n) is 3.79. The molecule has 3 nitrogen and oxygen atoms in total. The molecule has 2 unspecified atom stereocenters. The van der Waals surface area contributed by atoms with Gasteiger partial charge in [0.1, 0.15) is 0 Å². The van der Waals surface area contributed by atoms with Crippen molar-refractivity contribution in [2.45, 2.75) is 88.4 Å². The Balaban J connectivity index is 0.000000135. The minimum atomic E-state index is 0.618. The molecule has 2 atom stereocenters. The van der Waals surface area contributed by atoms with Crippen LogP contribution in [0.15, 0.2) is 0 Å². The summed E-state index contributed by atoms with van der Waals surface area (Å²) in [7, 11) is 0. The van der Waals surface area contributed by atoms with Gasteiger partial charge in [0.15, 0.2) is 0 Å². The maximum absolute atomic E-state index is 5.62. The normalized spacial score (nSPS) is 30.2. The first kappa shape index (κ1) is 23.9. The summed E-state index contributed by atoms with van der Waals surface area (Å²) in [6, 6.07) is 0. The van der Waals surface area contributed by atoms with Gasteiger partial charge < -0.3 is 14.8 Å². The zero-order valence-electron chi connectivity index (χ0n) is 17.4. The van der Waals surface area contributed by atoms with Gasteiger partial charge in [-0.15, -0.1) is 0 Å². The van der Waals surface area contributed by atoms with Crippen molar-refractivity contribution in [2.24, 2.45) is 0 Å². The molecule has 27 heavy (non-hydrogen) atoms. The summed E-state index contributed by atoms with van der Waals surface area (Å²) >= 11 is 4.21. The minimum absolute atomic E-state index is 0.618. The summed E-state index contributed by atoms with van der Waals surface area (Å²) in [4.78, 5) is 0. The van der Waals surface area contributed by atoms with Gasteiger partial charge in [-0.1, -0.05) is 6.42 Å². The van der Waals surface area contributed by atoms with Crippen LogP contribution in [-0.4, -0.2) is 61.5 Å². The second kappa shape index (κ2) is 17.4. The van der Waals surface area contributed by atoms with Gasteiger partial charge in [-0.3, -0.25) is 0 Å². The summed E-state index contributed by atoms with van der Waals surface area (Å²) in [6.45, 7) is 5.52. The fourth-order valence-corrected chi connectivity index (χ4v) is 6.21. The van der Waals surface area contributed by atoms with Crippen LogP contribution in [0.1, 0.15) is 77.0 Å². The van der Waals surface area contributed by atoms with E-state index in [4.69, 9.17) is 9.47 Å². The maximum atomic E-state index is 5.62. The lowest BCUT2D eigenvalue weighted by molar-refractivity contribution is 0.0968. The van der Waals surface area contributed by atoms with Crippen LogP contribution >= 0.6 is 23.5 Å². The van der Waals surface area contributed by atoms with Crippen LogP contribution in [0.4, 0.5) is 0 Å². The predicted molar refractivity (Wildman–Crippen MR) is 122 cm³/mol. The van der Waals surface area contributed by atoms with Crippen LogP contribution in [-0.2, 0) is 9.47 Å². The number of nitrogens with one attached hydrogen (secondary N) is 1. The average molecular weight is 418 g/mol. The Morgan fingerprint density at radius 1 is 0.630 bits per heavy atom. The van der Waals surface area contributed by atoms with E-state index in [9.17, 15) is 0 Å². The lowest BCUT2D eigenvalue weighted by Crippen LogP contribution is -2.18. The molecule has 5 saturated heterocycles.